The normalized spacial score (nSPS) is 14.5. The minimum Gasteiger partial charge on any atom is -0.166 e. The van der Waals surface area contributed by atoms with Gasteiger partial charge in [0.15, 0.2) is 0 Å². The summed E-state index contributed by atoms with van der Waals surface area (Å²) >= 11 is 0. The fourth-order valence-corrected chi connectivity index (χ4v) is 4.33. The van der Waals surface area contributed by atoms with Gasteiger partial charge in [-0.1, -0.05) is 65.8 Å². The number of hydrogen-bond acceptors (Lipinski definition) is 2. The second-order valence-electron chi connectivity index (χ2n) is 4.75. The van der Waals surface area contributed by atoms with Crippen LogP contribution < -0.4 is 0 Å². The van der Waals surface area contributed by atoms with E-state index in [1.54, 1.807) is 0 Å². The molecule has 0 N–H and O–H groups in total. The van der Waals surface area contributed by atoms with E-state index in [-0.39, 0.29) is 0 Å². The van der Waals surface area contributed by atoms with E-state index in [1.807, 2.05) is 21.3 Å². The van der Waals surface area contributed by atoms with E-state index in [1.165, 1.54) is 25.5 Å². The average Bonchev–Trinajstić information content (AvgIpc) is 2.26. The van der Waals surface area contributed by atoms with Gasteiger partial charge in [-0.3, -0.25) is 0 Å². The first kappa shape index (κ1) is 16.9. The molecule has 0 aliphatic heterocycles. The molecule has 3 radical (unpaired) electrons. The molecular weight excluding hydrogens is 229 g/mol. The third-order valence-corrected chi connectivity index (χ3v) is 5.93. The van der Waals surface area contributed by atoms with Gasteiger partial charge in [0.25, 0.3) is 0 Å². The van der Waals surface area contributed by atoms with Crippen LogP contribution in [0.3, 0.4) is 0 Å². The van der Waals surface area contributed by atoms with E-state index in [0.717, 1.165) is 18.7 Å². The summed E-state index contributed by atoms with van der Waals surface area (Å²) in [6.07, 6.45) is 7.13. The molecule has 1 unspecified atom stereocenters. The van der Waals surface area contributed by atoms with Crippen molar-refractivity contribution in [2.24, 2.45) is 5.41 Å². The highest BCUT2D eigenvalue weighted by Gasteiger charge is 2.27. The second kappa shape index (κ2) is 9.88. The maximum absolute atomic E-state index is 5.72. The van der Waals surface area contributed by atoms with Crippen LogP contribution >= 0.6 is 21.3 Å². The molecule has 5 heteroatoms. The highest BCUT2D eigenvalue weighted by Crippen LogP contribution is 2.39. The Labute approximate surface area is 113 Å². The molecule has 0 spiro atoms. The molecular formula is C11H24B3S2. The Balaban J connectivity index is 4.20. The Hall–Kier alpha value is 0.895. The first-order valence-corrected chi connectivity index (χ1v) is 8.69. The van der Waals surface area contributed by atoms with Crippen LogP contribution in [0.5, 0.6) is 0 Å². The smallest absolute Gasteiger partial charge is 0.166 e. The van der Waals surface area contributed by atoms with Crippen LogP contribution in [0, 0.1) is 5.41 Å². The van der Waals surface area contributed by atoms with Gasteiger partial charge in [0.2, 0.25) is 12.5 Å². The molecule has 0 aromatic heterocycles. The molecule has 0 saturated carbocycles. The van der Waals surface area contributed by atoms with Crippen LogP contribution in [0.15, 0.2) is 0 Å². The Morgan fingerprint density at radius 3 is 2.50 bits per heavy atom. The first-order chi connectivity index (χ1) is 7.61. The van der Waals surface area contributed by atoms with Gasteiger partial charge in [-0.05, 0) is 5.41 Å². The lowest BCUT2D eigenvalue weighted by atomic mass is 9.57. The zero-order valence-corrected chi connectivity index (χ0v) is 12.9. The van der Waals surface area contributed by atoms with E-state index in [9.17, 15) is 0 Å². The summed E-state index contributed by atoms with van der Waals surface area (Å²) in [5.74, 6) is 0.780. The van der Waals surface area contributed by atoms with Crippen molar-refractivity contribution < 1.29 is 0 Å². The highest BCUT2D eigenvalue weighted by atomic mass is 33.1. The van der Waals surface area contributed by atoms with Gasteiger partial charge in [0.05, 0.1) is 7.85 Å². The van der Waals surface area contributed by atoms with Crippen molar-refractivity contribution in [3.05, 3.63) is 0 Å². The summed E-state index contributed by atoms with van der Waals surface area (Å²) in [4.78, 5) is 0. The summed E-state index contributed by atoms with van der Waals surface area (Å²) in [6, 6.07) is 0. The summed E-state index contributed by atoms with van der Waals surface area (Å²) in [7, 11) is 9.64. The second-order valence-corrected chi connectivity index (χ2v) is 7.42. The molecule has 89 valence electrons. The van der Waals surface area contributed by atoms with E-state index in [2.05, 4.69) is 34.2 Å². The molecule has 16 heavy (non-hydrogen) atoms. The lowest BCUT2D eigenvalue weighted by Gasteiger charge is -2.31. The van der Waals surface area contributed by atoms with Gasteiger partial charge < -0.3 is 0 Å². The largest absolute Gasteiger partial charge is 0.223 e. The van der Waals surface area contributed by atoms with E-state index in [0.29, 0.717) is 5.41 Å². The summed E-state index contributed by atoms with van der Waals surface area (Å²) < 4.78 is 0. The number of rotatable bonds is 10. The van der Waals surface area contributed by atoms with Crippen LogP contribution in [0.2, 0.25) is 25.8 Å². The van der Waals surface area contributed by atoms with Crippen molar-refractivity contribution in [3.8, 4) is 0 Å². The van der Waals surface area contributed by atoms with Gasteiger partial charge >= 0.3 is 0 Å². The molecule has 0 amide bonds. The lowest BCUT2D eigenvalue weighted by molar-refractivity contribution is 0.336. The van der Waals surface area contributed by atoms with Crippen LogP contribution in [-0.2, 0) is 0 Å². The van der Waals surface area contributed by atoms with Crippen LogP contribution in [0.1, 0.15) is 40.0 Å². The molecule has 0 aliphatic rings. The van der Waals surface area contributed by atoms with Crippen molar-refractivity contribution in [1.29, 1.82) is 0 Å². The van der Waals surface area contributed by atoms with Crippen LogP contribution in [-0.4, -0.2) is 20.4 Å². The SMILES string of the molecule is [B]CCC(C)(CC)CB(CCC)SS[B]C. The third-order valence-electron chi connectivity index (χ3n) is 3.22. The molecule has 0 bridgehead atoms. The Morgan fingerprint density at radius 2 is 2.06 bits per heavy atom. The topological polar surface area (TPSA) is 0 Å². The van der Waals surface area contributed by atoms with Gasteiger partial charge in [-0.25, -0.2) is 0 Å². The molecule has 0 rings (SSSR count). The quantitative estimate of drug-likeness (QED) is 0.404. The number of hydrogen-bond donors (Lipinski definition) is 0. The maximum Gasteiger partial charge on any atom is 0.223 e. The van der Waals surface area contributed by atoms with Gasteiger partial charge in [-0.2, -0.15) is 21.3 Å². The van der Waals surface area contributed by atoms with Crippen molar-refractivity contribution in [3.63, 3.8) is 0 Å². The van der Waals surface area contributed by atoms with Gasteiger partial charge in [0.1, 0.15) is 0 Å². The molecule has 0 saturated heterocycles. The van der Waals surface area contributed by atoms with E-state index < -0.39 is 0 Å². The van der Waals surface area contributed by atoms with Crippen molar-refractivity contribution >= 4 is 41.7 Å². The summed E-state index contributed by atoms with van der Waals surface area (Å²) in [6.45, 7) is 11.3. The molecule has 0 aliphatic carbocycles. The van der Waals surface area contributed by atoms with Gasteiger partial charge in [-0.15, -0.1) is 0 Å². The van der Waals surface area contributed by atoms with Crippen molar-refractivity contribution in [2.45, 2.75) is 65.8 Å². The predicted molar refractivity (Wildman–Crippen MR) is 86.0 cm³/mol. The van der Waals surface area contributed by atoms with Crippen molar-refractivity contribution in [2.75, 3.05) is 0 Å². The minimum absolute atomic E-state index is 0.440. The fourth-order valence-electron chi connectivity index (χ4n) is 1.96. The van der Waals surface area contributed by atoms with Crippen molar-refractivity contribution in [1.82, 2.24) is 0 Å². The molecule has 0 aromatic rings. The zero-order valence-electron chi connectivity index (χ0n) is 11.3. The molecule has 0 nitrogen and oxygen atoms in total. The van der Waals surface area contributed by atoms with Crippen LogP contribution in [0.4, 0.5) is 0 Å². The average molecular weight is 253 g/mol. The standard InChI is InChI=1S/C11H24B3S2/c1-5-9-14(16-15-13-4)10-11(3,6-2)7-8-12/h5-10H2,1-4H3. The lowest BCUT2D eigenvalue weighted by Crippen LogP contribution is -2.22. The molecule has 0 fully saturated rings. The highest BCUT2D eigenvalue weighted by molar-refractivity contribution is 8.93. The Kier molecular flexibility index (Phi) is 10.4. The first-order valence-electron chi connectivity index (χ1n) is 6.42. The molecule has 0 heterocycles. The monoisotopic (exact) mass is 253 g/mol. The predicted octanol–water partition coefficient (Wildman–Crippen LogP) is 4.83. The van der Waals surface area contributed by atoms with E-state index in [4.69, 9.17) is 7.85 Å². The maximum atomic E-state index is 5.72. The van der Waals surface area contributed by atoms with Crippen LogP contribution in [0.25, 0.3) is 0 Å². The third kappa shape index (κ3) is 7.27. The molecule has 1 atom stereocenters. The van der Waals surface area contributed by atoms with Gasteiger partial charge in [0, 0.05) is 0 Å². The van der Waals surface area contributed by atoms with E-state index >= 15 is 0 Å². The summed E-state index contributed by atoms with van der Waals surface area (Å²) in [5.41, 5.74) is 0.440. The molecule has 0 aromatic carbocycles. The fraction of sp³-hybridized carbons (Fsp3) is 1.00. The minimum atomic E-state index is 0.440. The Morgan fingerprint density at radius 1 is 1.38 bits per heavy atom. The zero-order chi connectivity index (χ0) is 12.4. The summed E-state index contributed by atoms with van der Waals surface area (Å²) in [5, 5.41) is 0. The Bertz CT molecular complexity index is 169.